The lowest BCUT2D eigenvalue weighted by Gasteiger charge is -2.31. The summed E-state index contributed by atoms with van der Waals surface area (Å²) in [7, 11) is 0. The van der Waals surface area contributed by atoms with Gasteiger partial charge in [-0.25, -0.2) is 0 Å². The fraction of sp³-hybridized carbons (Fsp3) is 0.364. The average Bonchev–Trinajstić information content (AvgIpc) is 3.26. The number of benzene rings is 1. The third-order valence-corrected chi connectivity index (χ3v) is 5.05. The molecular weight excluding hydrogens is 368 g/mol. The highest BCUT2D eigenvalue weighted by Gasteiger charge is 2.28. The Morgan fingerprint density at radius 3 is 2.86 bits per heavy atom. The molecule has 29 heavy (non-hydrogen) atoms. The molecule has 0 spiro atoms. The number of carbonyl (C=O) groups is 1. The lowest BCUT2D eigenvalue weighted by Crippen LogP contribution is -2.40. The van der Waals surface area contributed by atoms with Crippen LogP contribution in [0.4, 0.5) is 0 Å². The van der Waals surface area contributed by atoms with Crippen molar-refractivity contribution in [1.29, 1.82) is 0 Å². The Hall–Kier alpha value is -3.22. The first-order valence-electron chi connectivity index (χ1n) is 9.97. The van der Waals surface area contributed by atoms with Crippen molar-refractivity contribution in [2.45, 2.75) is 32.1 Å². The van der Waals surface area contributed by atoms with E-state index in [1.165, 1.54) is 0 Å². The minimum absolute atomic E-state index is 0.0780. The fourth-order valence-corrected chi connectivity index (χ4v) is 3.57. The first-order valence-corrected chi connectivity index (χ1v) is 9.97. The quantitative estimate of drug-likeness (QED) is 0.639. The molecule has 7 heteroatoms. The molecular formula is C22H24N4O3. The maximum absolute atomic E-state index is 12.8. The number of ether oxygens (including phenoxy) is 1. The summed E-state index contributed by atoms with van der Waals surface area (Å²) in [5.74, 6) is 2.08. The SMILES string of the molecule is CCOc1ccc(CC(=O)N2CCC[C@@H](c3noc(-c4ccccn4)n3)C2)cc1. The van der Waals surface area contributed by atoms with E-state index in [2.05, 4.69) is 15.1 Å². The van der Waals surface area contributed by atoms with Crippen LogP contribution in [-0.4, -0.2) is 45.6 Å². The summed E-state index contributed by atoms with van der Waals surface area (Å²) >= 11 is 0. The second kappa shape index (κ2) is 8.86. The van der Waals surface area contributed by atoms with Crippen LogP contribution >= 0.6 is 0 Å². The van der Waals surface area contributed by atoms with Gasteiger partial charge in [0.05, 0.1) is 13.0 Å². The summed E-state index contributed by atoms with van der Waals surface area (Å²) in [4.78, 5) is 23.5. The van der Waals surface area contributed by atoms with Gasteiger partial charge < -0.3 is 14.2 Å². The van der Waals surface area contributed by atoms with Crippen molar-refractivity contribution in [2.75, 3.05) is 19.7 Å². The molecule has 3 aromatic rings. The van der Waals surface area contributed by atoms with Gasteiger partial charge in [-0.1, -0.05) is 23.4 Å². The Morgan fingerprint density at radius 2 is 2.10 bits per heavy atom. The largest absolute Gasteiger partial charge is 0.494 e. The predicted octanol–water partition coefficient (Wildman–Crippen LogP) is 3.48. The minimum atomic E-state index is 0.0780. The minimum Gasteiger partial charge on any atom is -0.494 e. The molecule has 1 fully saturated rings. The Kier molecular flexibility index (Phi) is 5.84. The van der Waals surface area contributed by atoms with E-state index in [-0.39, 0.29) is 11.8 Å². The molecule has 0 unspecified atom stereocenters. The first-order chi connectivity index (χ1) is 14.2. The maximum Gasteiger partial charge on any atom is 0.276 e. The van der Waals surface area contributed by atoms with Crippen molar-refractivity contribution in [1.82, 2.24) is 20.0 Å². The molecule has 1 atom stereocenters. The lowest BCUT2D eigenvalue weighted by atomic mass is 9.96. The summed E-state index contributed by atoms with van der Waals surface area (Å²) in [5, 5.41) is 4.14. The van der Waals surface area contributed by atoms with E-state index in [9.17, 15) is 4.79 Å². The van der Waals surface area contributed by atoms with Crippen LogP contribution in [-0.2, 0) is 11.2 Å². The smallest absolute Gasteiger partial charge is 0.276 e. The molecule has 1 aromatic carbocycles. The molecule has 0 saturated carbocycles. The third-order valence-electron chi connectivity index (χ3n) is 5.05. The van der Waals surface area contributed by atoms with Crippen molar-refractivity contribution in [3.63, 3.8) is 0 Å². The molecule has 1 amide bonds. The Morgan fingerprint density at radius 1 is 1.24 bits per heavy atom. The molecule has 0 N–H and O–H groups in total. The van der Waals surface area contributed by atoms with E-state index in [1.54, 1.807) is 6.20 Å². The topological polar surface area (TPSA) is 81.4 Å². The number of hydrogen-bond acceptors (Lipinski definition) is 6. The van der Waals surface area contributed by atoms with Crippen molar-refractivity contribution in [3.8, 4) is 17.3 Å². The standard InChI is InChI=1S/C22H24N4O3/c1-2-28-18-10-8-16(9-11-18)14-20(27)26-13-5-6-17(15-26)21-24-22(29-25-21)19-7-3-4-12-23-19/h3-4,7-12,17H,2,5-6,13-15H2,1H3/t17-/m1/s1. The van der Waals surface area contributed by atoms with Crippen molar-refractivity contribution >= 4 is 5.91 Å². The number of pyridine rings is 1. The van der Waals surface area contributed by atoms with Crippen LogP contribution in [0.1, 0.15) is 37.1 Å². The molecule has 150 valence electrons. The van der Waals surface area contributed by atoms with Crippen LogP contribution < -0.4 is 4.74 Å². The lowest BCUT2D eigenvalue weighted by molar-refractivity contribution is -0.131. The summed E-state index contributed by atoms with van der Waals surface area (Å²) in [5.41, 5.74) is 1.64. The van der Waals surface area contributed by atoms with Crippen LogP contribution in [0, 0.1) is 0 Å². The second-order valence-electron chi connectivity index (χ2n) is 7.11. The number of aromatic nitrogens is 3. The van der Waals surface area contributed by atoms with Gasteiger partial charge in [0, 0.05) is 25.2 Å². The van der Waals surface area contributed by atoms with Gasteiger partial charge in [-0.2, -0.15) is 4.98 Å². The van der Waals surface area contributed by atoms with E-state index in [0.717, 1.165) is 30.7 Å². The summed E-state index contributed by atoms with van der Waals surface area (Å²) < 4.78 is 10.8. The number of carbonyl (C=O) groups excluding carboxylic acids is 1. The number of nitrogens with zero attached hydrogens (tertiary/aromatic N) is 4. The van der Waals surface area contributed by atoms with Gasteiger partial charge in [0.15, 0.2) is 5.82 Å². The van der Waals surface area contributed by atoms with Gasteiger partial charge in [-0.15, -0.1) is 0 Å². The molecule has 0 radical (unpaired) electrons. The number of likely N-dealkylation sites (tertiary alicyclic amines) is 1. The molecule has 0 bridgehead atoms. The van der Waals surface area contributed by atoms with Crippen molar-refractivity contribution < 1.29 is 14.1 Å². The molecule has 7 nitrogen and oxygen atoms in total. The summed E-state index contributed by atoms with van der Waals surface area (Å²) in [6.45, 7) is 3.95. The number of hydrogen-bond donors (Lipinski definition) is 0. The highest BCUT2D eigenvalue weighted by atomic mass is 16.5. The average molecular weight is 392 g/mol. The van der Waals surface area contributed by atoms with Gasteiger partial charge in [-0.3, -0.25) is 9.78 Å². The highest BCUT2D eigenvalue weighted by Crippen LogP contribution is 2.27. The van der Waals surface area contributed by atoms with E-state index in [0.29, 0.717) is 37.0 Å². The zero-order valence-electron chi connectivity index (χ0n) is 16.5. The predicted molar refractivity (Wildman–Crippen MR) is 107 cm³/mol. The van der Waals surface area contributed by atoms with Gasteiger partial charge in [0.2, 0.25) is 5.91 Å². The van der Waals surface area contributed by atoms with E-state index in [1.807, 2.05) is 54.3 Å². The van der Waals surface area contributed by atoms with Crippen molar-refractivity contribution in [3.05, 3.63) is 60.0 Å². The third kappa shape index (κ3) is 4.62. The van der Waals surface area contributed by atoms with Crippen LogP contribution in [0.3, 0.4) is 0 Å². The molecule has 1 saturated heterocycles. The monoisotopic (exact) mass is 392 g/mol. The number of rotatable bonds is 6. The van der Waals surface area contributed by atoms with Crippen molar-refractivity contribution in [2.24, 2.45) is 0 Å². The number of piperidine rings is 1. The molecule has 1 aliphatic heterocycles. The Balaban J connectivity index is 1.39. The first kappa shape index (κ1) is 19.1. The zero-order chi connectivity index (χ0) is 20.1. The van der Waals surface area contributed by atoms with Crippen LogP contribution in [0.25, 0.3) is 11.6 Å². The normalized spacial score (nSPS) is 16.6. The van der Waals surface area contributed by atoms with E-state index >= 15 is 0 Å². The Bertz CT molecular complexity index is 940. The summed E-state index contributed by atoms with van der Waals surface area (Å²) in [6, 6.07) is 13.3. The second-order valence-corrected chi connectivity index (χ2v) is 7.11. The molecule has 0 aliphatic carbocycles. The van der Waals surface area contributed by atoms with E-state index in [4.69, 9.17) is 9.26 Å². The van der Waals surface area contributed by atoms with Crippen LogP contribution in [0.5, 0.6) is 5.75 Å². The number of amides is 1. The highest BCUT2D eigenvalue weighted by molar-refractivity contribution is 5.79. The van der Waals surface area contributed by atoms with Gasteiger partial charge in [0.1, 0.15) is 11.4 Å². The molecule has 2 aromatic heterocycles. The molecule has 4 rings (SSSR count). The fourth-order valence-electron chi connectivity index (χ4n) is 3.57. The van der Waals surface area contributed by atoms with Gasteiger partial charge >= 0.3 is 0 Å². The van der Waals surface area contributed by atoms with E-state index < -0.39 is 0 Å². The Labute approximate surface area is 169 Å². The summed E-state index contributed by atoms with van der Waals surface area (Å²) in [6.07, 6.45) is 3.94. The maximum atomic E-state index is 12.8. The van der Waals surface area contributed by atoms with Gasteiger partial charge in [-0.05, 0) is 49.6 Å². The van der Waals surface area contributed by atoms with Crippen LogP contribution in [0.15, 0.2) is 53.2 Å². The van der Waals surface area contributed by atoms with Gasteiger partial charge in [0.25, 0.3) is 5.89 Å². The zero-order valence-corrected chi connectivity index (χ0v) is 16.5. The molecule has 1 aliphatic rings. The molecule has 3 heterocycles. The van der Waals surface area contributed by atoms with Crippen LogP contribution in [0.2, 0.25) is 0 Å².